The Balaban J connectivity index is 2.68. The van der Waals surface area contributed by atoms with Gasteiger partial charge in [0, 0.05) is 12.7 Å². The van der Waals surface area contributed by atoms with Crippen LogP contribution in [-0.2, 0) is 6.42 Å². The fourth-order valence-corrected chi connectivity index (χ4v) is 1.38. The summed E-state index contributed by atoms with van der Waals surface area (Å²) in [6.07, 6.45) is 3.97. The molecule has 0 aliphatic rings. The lowest BCUT2D eigenvalue weighted by molar-refractivity contribution is 0.0954. The molecule has 0 unspecified atom stereocenters. The Morgan fingerprint density at radius 3 is 2.80 bits per heavy atom. The third kappa shape index (κ3) is 3.95. The van der Waals surface area contributed by atoms with Crippen LogP contribution in [0.5, 0.6) is 0 Å². The molecule has 1 aromatic rings. The summed E-state index contributed by atoms with van der Waals surface area (Å²) >= 11 is 1.24. The van der Waals surface area contributed by atoms with Crippen molar-refractivity contribution >= 4 is 17.9 Å². The van der Waals surface area contributed by atoms with Gasteiger partial charge in [0.05, 0.1) is 6.20 Å². The zero-order chi connectivity index (χ0) is 11.5. The van der Waals surface area contributed by atoms with Gasteiger partial charge in [0.25, 0.3) is 5.91 Å². The second-order valence-electron chi connectivity index (χ2n) is 4.49. The topological polar surface area (TPSA) is 55.1 Å². The first-order chi connectivity index (χ1) is 6.92. The molecular weight excluding hydrogens is 212 g/mol. The van der Waals surface area contributed by atoms with Gasteiger partial charge in [0.2, 0.25) is 5.76 Å². The molecule has 1 N–H and O–H groups in total. The van der Waals surface area contributed by atoms with Gasteiger partial charge in [-0.05, 0) is 5.41 Å². The number of aromatic nitrogens is 1. The molecule has 0 bridgehead atoms. The highest BCUT2D eigenvalue weighted by molar-refractivity contribution is 7.97. The van der Waals surface area contributed by atoms with Gasteiger partial charge in [-0.15, -0.1) is 0 Å². The van der Waals surface area contributed by atoms with E-state index >= 15 is 0 Å². The van der Waals surface area contributed by atoms with Gasteiger partial charge in [-0.3, -0.25) is 9.52 Å². The fourth-order valence-electron chi connectivity index (χ4n) is 1.09. The summed E-state index contributed by atoms with van der Waals surface area (Å²) in [5.41, 5.74) is 0.109. The van der Waals surface area contributed by atoms with E-state index < -0.39 is 0 Å². The molecule has 84 valence electrons. The third-order valence-electron chi connectivity index (χ3n) is 1.65. The van der Waals surface area contributed by atoms with Crippen molar-refractivity contribution in [2.75, 3.05) is 6.26 Å². The van der Waals surface area contributed by atoms with Crippen LogP contribution in [-0.4, -0.2) is 17.1 Å². The van der Waals surface area contributed by atoms with Crippen LogP contribution in [0.2, 0.25) is 0 Å². The van der Waals surface area contributed by atoms with E-state index in [-0.39, 0.29) is 17.1 Å². The highest BCUT2D eigenvalue weighted by Crippen LogP contribution is 2.20. The average molecular weight is 228 g/mol. The molecule has 0 fully saturated rings. The van der Waals surface area contributed by atoms with Crippen molar-refractivity contribution in [3.63, 3.8) is 0 Å². The van der Waals surface area contributed by atoms with Crippen molar-refractivity contribution in [2.45, 2.75) is 27.2 Å². The van der Waals surface area contributed by atoms with Gasteiger partial charge < -0.3 is 4.42 Å². The Morgan fingerprint density at radius 1 is 1.60 bits per heavy atom. The average Bonchev–Trinajstić information content (AvgIpc) is 2.50. The van der Waals surface area contributed by atoms with Gasteiger partial charge in [-0.25, -0.2) is 4.98 Å². The van der Waals surface area contributed by atoms with E-state index in [9.17, 15) is 4.79 Å². The minimum atomic E-state index is -0.241. The number of hydrogen-bond donors (Lipinski definition) is 1. The fraction of sp³-hybridized carbons (Fsp3) is 0.600. The number of nitrogens with zero attached hydrogens (tertiary/aromatic N) is 1. The normalized spacial score (nSPS) is 11.5. The van der Waals surface area contributed by atoms with Crippen molar-refractivity contribution in [1.82, 2.24) is 9.71 Å². The first-order valence-corrected chi connectivity index (χ1v) is 5.93. The molecule has 0 spiro atoms. The molecular formula is C10H16N2O2S. The SMILES string of the molecule is CSNC(=O)c1cnc(CC(C)(C)C)o1. The molecule has 0 atom stereocenters. The number of nitrogens with one attached hydrogen (secondary N) is 1. The lowest BCUT2D eigenvalue weighted by Crippen LogP contribution is -2.14. The number of carbonyl (C=O) groups is 1. The Kier molecular flexibility index (Phi) is 3.79. The summed E-state index contributed by atoms with van der Waals surface area (Å²) < 4.78 is 7.92. The van der Waals surface area contributed by atoms with Crippen LogP contribution < -0.4 is 4.72 Å². The molecule has 0 aliphatic carbocycles. The first kappa shape index (κ1) is 12.1. The number of hydrogen-bond acceptors (Lipinski definition) is 4. The van der Waals surface area contributed by atoms with Crippen LogP contribution in [0.25, 0.3) is 0 Å². The van der Waals surface area contributed by atoms with E-state index in [4.69, 9.17) is 4.42 Å². The van der Waals surface area contributed by atoms with Gasteiger partial charge >= 0.3 is 0 Å². The van der Waals surface area contributed by atoms with E-state index in [0.29, 0.717) is 5.89 Å². The van der Waals surface area contributed by atoms with E-state index in [0.717, 1.165) is 6.42 Å². The second kappa shape index (κ2) is 4.70. The molecule has 0 saturated carbocycles. The zero-order valence-electron chi connectivity index (χ0n) is 9.46. The predicted molar refractivity (Wildman–Crippen MR) is 60.6 cm³/mol. The van der Waals surface area contributed by atoms with Gasteiger partial charge in [0.15, 0.2) is 5.89 Å². The lowest BCUT2D eigenvalue weighted by atomic mass is 9.92. The molecule has 1 amide bonds. The van der Waals surface area contributed by atoms with E-state index in [1.54, 1.807) is 6.26 Å². The van der Waals surface area contributed by atoms with Crippen molar-refractivity contribution in [2.24, 2.45) is 5.41 Å². The highest BCUT2D eigenvalue weighted by Gasteiger charge is 2.17. The summed E-state index contributed by atoms with van der Waals surface area (Å²) in [6.45, 7) is 6.29. The number of rotatable bonds is 3. The van der Waals surface area contributed by atoms with Crippen LogP contribution in [0.4, 0.5) is 0 Å². The summed E-state index contributed by atoms with van der Waals surface area (Å²) in [7, 11) is 0. The molecule has 0 saturated heterocycles. The monoisotopic (exact) mass is 228 g/mol. The number of carbonyl (C=O) groups excluding carboxylic acids is 1. The maximum atomic E-state index is 11.4. The Hall–Kier alpha value is -0.970. The molecule has 0 radical (unpaired) electrons. The van der Waals surface area contributed by atoms with Crippen molar-refractivity contribution < 1.29 is 9.21 Å². The first-order valence-electron chi connectivity index (χ1n) is 4.70. The Labute approximate surface area is 94.0 Å². The van der Waals surface area contributed by atoms with Crippen LogP contribution >= 0.6 is 11.9 Å². The van der Waals surface area contributed by atoms with Crippen LogP contribution in [0.3, 0.4) is 0 Å². The van der Waals surface area contributed by atoms with E-state index in [1.807, 2.05) is 0 Å². The van der Waals surface area contributed by atoms with Crippen LogP contribution in [0.15, 0.2) is 10.6 Å². The number of oxazole rings is 1. The standard InChI is InChI=1S/C10H16N2O2S/c1-10(2,3)5-8-11-6-7(14-8)9(13)12-15-4/h6H,5H2,1-4H3,(H,12,13). The number of amides is 1. The summed E-state index contributed by atoms with van der Waals surface area (Å²) in [6, 6.07) is 0. The smallest absolute Gasteiger partial charge is 0.298 e. The third-order valence-corrected chi connectivity index (χ3v) is 2.04. The maximum Gasteiger partial charge on any atom is 0.298 e. The molecule has 4 nitrogen and oxygen atoms in total. The van der Waals surface area contributed by atoms with Crippen molar-refractivity contribution in [1.29, 1.82) is 0 Å². The Bertz CT molecular complexity index is 341. The van der Waals surface area contributed by atoms with Gasteiger partial charge in [0.1, 0.15) is 0 Å². The minimum Gasteiger partial charge on any atom is -0.435 e. The van der Waals surface area contributed by atoms with Crippen LogP contribution in [0, 0.1) is 5.41 Å². The quantitative estimate of drug-likeness (QED) is 0.806. The molecule has 0 aliphatic heterocycles. The second-order valence-corrected chi connectivity index (χ2v) is 5.10. The van der Waals surface area contributed by atoms with Crippen LogP contribution in [0.1, 0.15) is 37.2 Å². The van der Waals surface area contributed by atoms with Crippen molar-refractivity contribution in [3.05, 3.63) is 17.8 Å². The summed E-state index contributed by atoms with van der Waals surface area (Å²) in [5.74, 6) is 0.632. The molecule has 1 heterocycles. The maximum absolute atomic E-state index is 11.4. The largest absolute Gasteiger partial charge is 0.435 e. The highest BCUT2D eigenvalue weighted by atomic mass is 32.2. The minimum absolute atomic E-state index is 0.109. The molecule has 1 aromatic heterocycles. The predicted octanol–water partition coefficient (Wildman–Crippen LogP) is 2.27. The summed E-state index contributed by atoms with van der Waals surface area (Å²) in [5, 5.41) is 0. The Morgan fingerprint density at radius 2 is 2.27 bits per heavy atom. The van der Waals surface area contributed by atoms with Gasteiger partial charge in [-0.1, -0.05) is 32.7 Å². The molecule has 15 heavy (non-hydrogen) atoms. The molecule has 5 heteroatoms. The lowest BCUT2D eigenvalue weighted by Gasteiger charge is -2.14. The van der Waals surface area contributed by atoms with E-state index in [2.05, 4.69) is 30.5 Å². The zero-order valence-corrected chi connectivity index (χ0v) is 10.3. The molecule has 0 aromatic carbocycles. The molecule has 1 rings (SSSR count). The summed E-state index contributed by atoms with van der Waals surface area (Å²) in [4.78, 5) is 15.4. The van der Waals surface area contributed by atoms with Gasteiger partial charge in [-0.2, -0.15) is 0 Å². The van der Waals surface area contributed by atoms with Crippen molar-refractivity contribution in [3.8, 4) is 0 Å². The van der Waals surface area contributed by atoms with E-state index in [1.165, 1.54) is 18.1 Å².